The SMILES string of the molecule is Cl.Cl.O=C1NCCCNC12CCNC2. The highest BCUT2D eigenvalue weighted by atomic mass is 35.5. The Hall–Kier alpha value is -0.0300. The molecule has 14 heavy (non-hydrogen) atoms. The van der Waals surface area contributed by atoms with Crippen molar-refractivity contribution >= 4 is 30.7 Å². The molecular weight excluding hydrogens is 225 g/mol. The molecule has 1 unspecified atom stereocenters. The normalized spacial score (nSPS) is 31.3. The molecule has 1 spiro atoms. The molecule has 0 aliphatic carbocycles. The largest absolute Gasteiger partial charge is 0.354 e. The molecule has 3 N–H and O–H groups in total. The van der Waals surface area contributed by atoms with Gasteiger partial charge < -0.3 is 16.0 Å². The third-order valence-corrected chi connectivity index (χ3v) is 2.69. The van der Waals surface area contributed by atoms with Crippen LogP contribution in [0.1, 0.15) is 12.8 Å². The molecule has 0 saturated carbocycles. The number of hydrogen-bond donors (Lipinski definition) is 3. The van der Waals surface area contributed by atoms with Crippen LogP contribution in [0.5, 0.6) is 0 Å². The average molecular weight is 242 g/mol. The maximum Gasteiger partial charge on any atom is 0.241 e. The molecule has 2 rings (SSSR count). The number of carbonyl (C=O) groups is 1. The molecule has 2 aliphatic rings. The fourth-order valence-corrected chi connectivity index (χ4v) is 1.90. The molecule has 0 radical (unpaired) electrons. The molecular formula is C8H17Cl2N3O. The molecule has 84 valence electrons. The summed E-state index contributed by atoms with van der Waals surface area (Å²) < 4.78 is 0. The first-order chi connectivity index (χ1) is 5.83. The second kappa shape index (κ2) is 5.75. The van der Waals surface area contributed by atoms with Crippen LogP contribution in [0, 0.1) is 0 Å². The Morgan fingerprint density at radius 3 is 2.57 bits per heavy atom. The van der Waals surface area contributed by atoms with Gasteiger partial charge in [-0.05, 0) is 25.9 Å². The van der Waals surface area contributed by atoms with Gasteiger partial charge in [-0.2, -0.15) is 0 Å². The highest BCUT2D eigenvalue weighted by Gasteiger charge is 2.41. The van der Waals surface area contributed by atoms with Crippen molar-refractivity contribution in [3.8, 4) is 0 Å². The van der Waals surface area contributed by atoms with Gasteiger partial charge in [-0.15, -0.1) is 24.8 Å². The summed E-state index contributed by atoms with van der Waals surface area (Å²) in [5.41, 5.74) is -0.295. The monoisotopic (exact) mass is 241 g/mol. The first-order valence-corrected chi connectivity index (χ1v) is 4.58. The summed E-state index contributed by atoms with van der Waals surface area (Å²) >= 11 is 0. The molecule has 0 aromatic heterocycles. The summed E-state index contributed by atoms with van der Waals surface area (Å²) in [4.78, 5) is 11.6. The first kappa shape index (κ1) is 14.0. The van der Waals surface area contributed by atoms with Crippen molar-refractivity contribution in [1.82, 2.24) is 16.0 Å². The van der Waals surface area contributed by atoms with E-state index < -0.39 is 0 Å². The predicted molar refractivity (Wildman–Crippen MR) is 60.3 cm³/mol. The number of carbonyl (C=O) groups excluding carboxylic acids is 1. The number of nitrogens with one attached hydrogen (secondary N) is 3. The topological polar surface area (TPSA) is 53.2 Å². The average Bonchev–Trinajstić information content (AvgIpc) is 2.45. The van der Waals surface area contributed by atoms with E-state index in [9.17, 15) is 4.79 Å². The molecule has 2 fully saturated rings. The summed E-state index contributed by atoms with van der Waals surface area (Å²) in [6, 6.07) is 0. The van der Waals surface area contributed by atoms with Crippen LogP contribution in [0.25, 0.3) is 0 Å². The van der Waals surface area contributed by atoms with Crippen molar-refractivity contribution in [2.45, 2.75) is 18.4 Å². The van der Waals surface area contributed by atoms with Crippen LogP contribution in [0.15, 0.2) is 0 Å². The maximum atomic E-state index is 11.6. The first-order valence-electron chi connectivity index (χ1n) is 4.58. The van der Waals surface area contributed by atoms with Crippen LogP contribution >= 0.6 is 24.8 Å². The predicted octanol–water partition coefficient (Wildman–Crippen LogP) is -0.328. The lowest BCUT2D eigenvalue weighted by Crippen LogP contribution is -2.56. The van der Waals surface area contributed by atoms with Crippen molar-refractivity contribution in [3.05, 3.63) is 0 Å². The second-order valence-corrected chi connectivity index (χ2v) is 3.55. The van der Waals surface area contributed by atoms with Gasteiger partial charge in [0, 0.05) is 13.1 Å². The Morgan fingerprint density at radius 2 is 1.93 bits per heavy atom. The molecule has 2 saturated heterocycles. The van der Waals surface area contributed by atoms with Crippen molar-refractivity contribution in [1.29, 1.82) is 0 Å². The number of hydrogen-bond acceptors (Lipinski definition) is 3. The zero-order valence-electron chi connectivity index (χ0n) is 7.97. The Morgan fingerprint density at radius 1 is 1.14 bits per heavy atom. The second-order valence-electron chi connectivity index (χ2n) is 3.55. The zero-order valence-corrected chi connectivity index (χ0v) is 9.60. The molecule has 2 heterocycles. The van der Waals surface area contributed by atoms with Gasteiger partial charge in [-0.1, -0.05) is 0 Å². The van der Waals surface area contributed by atoms with Gasteiger partial charge in [0.25, 0.3) is 0 Å². The number of halogens is 2. The van der Waals surface area contributed by atoms with Gasteiger partial charge in [0.05, 0.1) is 0 Å². The van der Waals surface area contributed by atoms with Gasteiger partial charge in [0.15, 0.2) is 0 Å². The van der Waals surface area contributed by atoms with Crippen LogP contribution < -0.4 is 16.0 Å². The van der Waals surface area contributed by atoms with Crippen LogP contribution in [-0.4, -0.2) is 37.6 Å². The number of rotatable bonds is 0. The van der Waals surface area contributed by atoms with Gasteiger partial charge in [-0.25, -0.2) is 0 Å². The maximum absolute atomic E-state index is 11.6. The fraction of sp³-hybridized carbons (Fsp3) is 0.875. The highest BCUT2D eigenvalue weighted by molar-refractivity contribution is 5.87. The van der Waals surface area contributed by atoms with Crippen LogP contribution in [0.3, 0.4) is 0 Å². The Kier molecular flexibility index (Phi) is 5.74. The van der Waals surface area contributed by atoms with Crippen molar-refractivity contribution in [2.24, 2.45) is 0 Å². The summed E-state index contributed by atoms with van der Waals surface area (Å²) in [6.45, 7) is 3.48. The van der Waals surface area contributed by atoms with E-state index in [0.717, 1.165) is 39.0 Å². The standard InChI is InChI=1S/C8H15N3O.2ClH/c12-7-8(2-5-9-6-8)11-4-1-3-10-7;;/h9,11H,1-6H2,(H,10,12);2*1H. The van der Waals surface area contributed by atoms with E-state index in [2.05, 4.69) is 16.0 Å². The quantitative estimate of drug-likeness (QED) is 0.545. The molecule has 4 nitrogen and oxygen atoms in total. The van der Waals surface area contributed by atoms with Gasteiger partial charge in [-0.3, -0.25) is 4.79 Å². The van der Waals surface area contributed by atoms with Crippen LogP contribution in [-0.2, 0) is 4.79 Å². The van der Waals surface area contributed by atoms with E-state index in [1.165, 1.54) is 0 Å². The number of amides is 1. The van der Waals surface area contributed by atoms with Crippen LogP contribution in [0.4, 0.5) is 0 Å². The van der Waals surface area contributed by atoms with E-state index in [1.54, 1.807) is 0 Å². The van der Waals surface area contributed by atoms with E-state index in [0.29, 0.717) is 0 Å². The van der Waals surface area contributed by atoms with Crippen LogP contribution in [0.2, 0.25) is 0 Å². The third kappa shape index (κ3) is 2.51. The Bertz CT molecular complexity index is 195. The van der Waals surface area contributed by atoms with E-state index in [4.69, 9.17) is 0 Å². The molecule has 2 aliphatic heterocycles. The smallest absolute Gasteiger partial charge is 0.241 e. The minimum Gasteiger partial charge on any atom is -0.354 e. The van der Waals surface area contributed by atoms with Crippen molar-refractivity contribution in [2.75, 3.05) is 26.2 Å². The molecule has 0 aromatic rings. The highest BCUT2D eigenvalue weighted by Crippen LogP contribution is 2.16. The molecule has 1 atom stereocenters. The minimum absolute atomic E-state index is 0. The summed E-state index contributed by atoms with van der Waals surface area (Å²) in [6.07, 6.45) is 1.95. The van der Waals surface area contributed by atoms with E-state index in [1.807, 2.05) is 0 Å². The van der Waals surface area contributed by atoms with Gasteiger partial charge in [0.1, 0.15) is 5.54 Å². The molecule has 6 heteroatoms. The van der Waals surface area contributed by atoms with Gasteiger partial charge in [0.2, 0.25) is 5.91 Å². The van der Waals surface area contributed by atoms with Crippen molar-refractivity contribution < 1.29 is 4.79 Å². The van der Waals surface area contributed by atoms with Gasteiger partial charge >= 0.3 is 0 Å². The fourth-order valence-electron chi connectivity index (χ4n) is 1.90. The minimum atomic E-state index is -0.295. The lowest BCUT2D eigenvalue weighted by molar-refractivity contribution is -0.126. The summed E-state index contributed by atoms with van der Waals surface area (Å²) in [7, 11) is 0. The van der Waals surface area contributed by atoms with E-state index in [-0.39, 0.29) is 36.3 Å². The molecule has 0 bridgehead atoms. The summed E-state index contributed by atoms with van der Waals surface area (Å²) in [5.74, 6) is 0.171. The Labute approximate surface area is 96.4 Å². The summed E-state index contributed by atoms with van der Waals surface area (Å²) in [5, 5.41) is 9.49. The third-order valence-electron chi connectivity index (χ3n) is 2.69. The molecule has 0 aromatic carbocycles. The van der Waals surface area contributed by atoms with E-state index >= 15 is 0 Å². The zero-order chi connectivity index (χ0) is 8.44. The lowest BCUT2D eigenvalue weighted by atomic mass is 9.98. The molecule has 1 amide bonds. The Balaban J connectivity index is 0.000000845. The van der Waals surface area contributed by atoms with Crippen molar-refractivity contribution in [3.63, 3.8) is 0 Å². The lowest BCUT2D eigenvalue weighted by Gasteiger charge is -2.25.